The maximum atomic E-state index is 12.8. The van der Waals surface area contributed by atoms with E-state index in [4.69, 9.17) is 4.74 Å². The van der Waals surface area contributed by atoms with E-state index in [9.17, 15) is 23.3 Å². The van der Waals surface area contributed by atoms with Crippen LogP contribution in [-0.2, 0) is 14.8 Å². The van der Waals surface area contributed by atoms with Crippen molar-refractivity contribution in [2.45, 2.75) is 45.1 Å². The number of sulfonamides is 1. The van der Waals surface area contributed by atoms with Crippen LogP contribution in [0.15, 0.2) is 29.2 Å². The summed E-state index contributed by atoms with van der Waals surface area (Å²) in [5.41, 5.74) is -1.75. The molecule has 0 aliphatic heterocycles. The van der Waals surface area contributed by atoms with Crippen molar-refractivity contribution in [2.24, 2.45) is 5.41 Å². The number of benzene rings is 1. The standard InChI is InChI=1S/C17H27N3O6S/c1-16(2,3)26-15(21)18-11-17(4,5)12-19(6)27(24,25)14-10-8-7-9-13(14)20(22)23/h7-10H,11-12H2,1-6H3,(H,18,21). The fraction of sp³-hybridized carbons (Fsp3) is 0.588. The normalized spacial score (nSPS) is 12.7. The number of rotatable bonds is 7. The molecular formula is C17H27N3O6S. The van der Waals surface area contributed by atoms with Gasteiger partial charge in [0.25, 0.3) is 5.69 Å². The highest BCUT2D eigenvalue weighted by molar-refractivity contribution is 7.89. The topological polar surface area (TPSA) is 119 Å². The molecule has 1 aromatic rings. The van der Waals surface area contributed by atoms with Crippen LogP contribution in [0, 0.1) is 15.5 Å². The van der Waals surface area contributed by atoms with Gasteiger partial charge in [0.15, 0.2) is 4.90 Å². The Bertz CT molecular complexity index is 799. The lowest BCUT2D eigenvalue weighted by Crippen LogP contribution is -2.44. The molecule has 9 nitrogen and oxygen atoms in total. The van der Waals surface area contributed by atoms with Gasteiger partial charge in [-0.2, -0.15) is 0 Å². The third kappa shape index (κ3) is 6.79. The molecule has 0 saturated heterocycles. The van der Waals surface area contributed by atoms with Crippen LogP contribution in [0.5, 0.6) is 0 Å². The number of carbonyl (C=O) groups is 1. The van der Waals surface area contributed by atoms with E-state index < -0.39 is 37.7 Å². The van der Waals surface area contributed by atoms with Gasteiger partial charge in [-0.15, -0.1) is 0 Å². The smallest absolute Gasteiger partial charge is 0.407 e. The van der Waals surface area contributed by atoms with Gasteiger partial charge in [0.2, 0.25) is 10.0 Å². The largest absolute Gasteiger partial charge is 0.444 e. The van der Waals surface area contributed by atoms with E-state index in [1.54, 1.807) is 34.6 Å². The maximum absolute atomic E-state index is 12.8. The van der Waals surface area contributed by atoms with Gasteiger partial charge in [-0.1, -0.05) is 26.0 Å². The molecule has 0 aliphatic carbocycles. The molecule has 0 unspecified atom stereocenters. The number of hydrogen-bond donors (Lipinski definition) is 1. The van der Waals surface area contributed by atoms with Crippen molar-refractivity contribution < 1.29 is 22.9 Å². The minimum Gasteiger partial charge on any atom is -0.444 e. The summed E-state index contributed by atoms with van der Waals surface area (Å²) in [5, 5.41) is 13.7. The Labute approximate surface area is 159 Å². The third-order valence-corrected chi connectivity index (χ3v) is 5.36. The summed E-state index contributed by atoms with van der Waals surface area (Å²) in [6.45, 7) is 8.97. The van der Waals surface area contributed by atoms with Crippen molar-refractivity contribution in [1.82, 2.24) is 9.62 Å². The van der Waals surface area contributed by atoms with Crippen LogP contribution in [0.25, 0.3) is 0 Å². The van der Waals surface area contributed by atoms with Crippen molar-refractivity contribution in [3.63, 3.8) is 0 Å². The lowest BCUT2D eigenvalue weighted by molar-refractivity contribution is -0.387. The van der Waals surface area contributed by atoms with E-state index in [2.05, 4.69) is 5.32 Å². The number of amides is 1. The molecule has 0 spiro atoms. The molecule has 0 heterocycles. The van der Waals surface area contributed by atoms with Crippen LogP contribution >= 0.6 is 0 Å². The summed E-state index contributed by atoms with van der Waals surface area (Å²) in [6.07, 6.45) is -0.597. The van der Waals surface area contributed by atoms with Gasteiger partial charge >= 0.3 is 6.09 Å². The zero-order valence-electron chi connectivity index (χ0n) is 16.5. The summed E-state index contributed by atoms with van der Waals surface area (Å²) in [6, 6.07) is 5.20. The minimum absolute atomic E-state index is 0.0389. The second-order valence-electron chi connectivity index (χ2n) is 8.01. The average Bonchev–Trinajstić information content (AvgIpc) is 2.51. The lowest BCUT2D eigenvalue weighted by atomic mass is 9.93. The number of para-hydroxylation sites is 1. The van der Waals surface area contributed by atoms with Crippen LogP contribution in [0.3, 0.4) is 0 Å². The number of alkyl carbamates (subject to hydrolysis) is 1. The quantitative estimate of drug-likeness (QED) is 0.554. The molecule has 0 saturated carbocycles. The zero-order chi connectivity index (χ0) is 21.0. The molecule has 0 atom stereocenters. The highest BCUT2D eigenvalue weighted by Crippen LogP contribution is 2.27. The number of carbonyl (C=O) groups excluding carboxylic acids is 1. The fourth-order valence-corrected chi connectivity index (χ4v) is 3.88. The number of hydrogen-bond acceptors (Lipinski definition) is 6. The highest BCUT2D eigenvalue weighted by Gasteiger charge is 2.33. The Balaban J connectivity index is 2.88. The number of nitrogens with zero attached hydrogens (tertiary/aromatic N) is 2. The summed E-state index contributed by atoms with van der Waals surface area (Å²) < 4.78 is 31.7. The second kappa shape index (κ2) is 8.22. The molecule has 0 fully saturated rings. The van der Waals surface area contributed by atoms with E-state index in [0.717, 1.165) is 10.4 Å². The van der Waals surface area contributed by atoms with Gasteiger partial charge in [0, 0.05) is 26.2 Å². The molecule has 0 bridgehead atoms. The van der Waals surface area contributed by atoms with E-state index in [-0.39, 0.29) is 18.0 Å². The number of nitro groups is 1. The summed E-state index contributed by atoms with van der Waals surface area (Å²) >= 11 is 0. The molecule has 0 aromatic heterocycles. The van der Waals surface area contributed by atoms with Crippen molar-refractivity contribution in [3.05, 3.63) is 34.4 Å². The monoisotopic (exact) mass is 401 g/mol. The van der Waals surface area contributed by atoms with Crippen molar-refractivity contribution in [3.8, 4) is 0 Å². The third-order valence-electron chi connectivity index (χ3n) is 3.51. The van der Waals surface area contributed by atoms with E-state index >= 15 is 0 Å². The molecule has 27 heavy (non-hydrogen) atoms. The van der Waals surface area contributed by atoms with Crippen LogP contribution in [0.4, 0.5) is 10.5 Å². The predicted molar refractivity (Wildman–Crippen MR) is 101 cm³/mol. The number of nitro benzene ring substituents is 1. The highest BCUT2D eigenvalue weighted by atomic mass is 32.2. The van der Waals surface area contributed by atoms with Gasteiger partial charge in [-0.25, -0.2) is 17.5 Å². The zero-order valence-corrected chi connectivity index (χ0v) is 17.3. The van der Waals surface area contributed by atoms with Crippen LogP contribution in [0.2, 0.25) is 0 Å². The van der Waals surface area contributed by atoms with Gasteiger partial charge in [-0.05, 0) is 32.3 Å². The molecule has 1 amide bonds. The Morgan fingerprint density at radius 1 is 1.22 bits per heavy atom. The van der Waals surface area contributed by atoms with Crippen molar-refractivity contribution >= 4 is 21.8 Å². The lowest BCUT2D eigenvalue weighted by Gasteiger charge is -2.30. The second-order valence-corrected chi connectivity index (χ2v) is 10.0. The van der Waals surface area contributed by atoms with E-state index in [1.165, 1.54) is 25.2 Å². The molecule has 0 radical (unpaired) electrons. The predicted octanol–water partition coefficient (Wildman–Crippen LogP) is 2.77. The van der Waals surface area contributed by atoms with Gasteiger partial charge in [0.1, 0.15) is 5.60 Å². The molecule has 0 aliphatic rings. The SMILES string of the molecule is CN(CC(C)(C)CNC(=O)OC(C)(C)C)S(=O)(=O)c1ccccc1[N+](=O)[O-]. The number of ether oxygens (including phenoxy) is 1. The van der Waals surface area contributed by atoms with Gasteiger partial charge in [-0.3, -0.25) is 10.1 Å². The average molecular weight is 401 g/mol. The first-order valence-electron chi connectivity index (χ1n) is 8.32. The maximum Gasteiger partial charge on any atom is 0.407 e. The van der Waals surface area contributed by atoms with Crippen molar-refractivity contribution in [1.29, 1.82) is 0 Å². The van der Waals surface area contributed by atoms with Crippen LogP contribution in [0.1, 0.15) is 34.6 Å². The molecule has 1 N–H and O–H groups in total. The van der Waals surface area contributed by atoms with Gasteiger partial charge < -0.3 is 10.1 Å². The first kappa shape index (κ1) is 22.8. The summed E-state index contributed by atoms with van der Waals surface area (Å²) in [5.74, 6) is 0. The summed E-state index contributed by atoms with van der Waals surface area (Å²) in [4.78, 5) is 21.8. The first-order chi connectivity index (χ1) is 12.2. The fourth-order valence-electron chi connectivity index (χ4n) is 2.36. The Morgan fingerprint density at radius 2 is 1.78 bits per heavy atom. The van der Waals surface area contributed by atoms with E-state index in [1.807, 2.05) is 0 Å². The summed E-state index contributed by atoms with van der Waals surface area (Å²) in [7, 11) is -2.72. The van der Waals surface area contributed by atoms with E-state index in [0.29, 0.717) is 0 Å². The van der Waals surface area contributed by atoms with Crippen LogP contribution in [-0.4, -0.2) is 49.5 Å². The minimum atomic E-state index is -4.07. The molecule has 1 aromatic carbocycles. The Hall–Kier alpha value is -2.20. The Morgan fingerprint density at radius 3 is 2.30 bits per heavy atom. The molecule has 1 rings (SSSR count). The molecular weight excluding hydrogens is 374 g/mol. The first-order valence-corrected chi connectivity index (χ1v) is 9.76. The van der Waals surface area contributed by atoms with Gasteiger partial charge in [0.05, 0.1) is 4.92 Å². The molecule has 152 valence electrons. The Kier molecular flexibility index (Phi) is 6.95. The molecule has 10 heteroatoms. The van der Waals surface area contributed by atoms with Crippen molar-refractivity contribution in [2.75, 3.05) is 20.1 Å². The van der Waals surface area contributed by atoms with Crippen LogP contribution < -0.4 is 5.32 Å². The number of nitrogens with one attached hydrogen (secondary N) is 1.